The Hall–Kier alpha value is -1.73. The van der Waals surface area contributed by atoms with Crippen LogP contribution in [0.5, 0.6) is 0 Å². The van der Waals surface area contributed by atoms with Crippen LogP contribution >= 0.6 is 11.8 Å². The Morgan fingerprint density at radius 1 is 0.710 bits per heavy atom. The van der Waals surface area contributed by atoms with Crippen molar-refractivity contribution in [1.82, 2.24) is 0 Å². The molecule has 31 heavy (non-hydrogen) atoms. The molecule has 0 N–H and O–H groups in total. The number of hydrogen-bond donors (Lipinski definition) is 0. The van der Waals surface area contributed by atoms with Gasteiger partial charge in [0, 0.05) is 10.5 Å². The standard InChI is InChI=1S/C30H42S/c1-7-9-13-25-15-11-17-27(21-25)29(19-23(3)4)31-30(20-24(5)6)28-18-12-16-26(22-28)14-10-8-2/h11-12,15-22,29-30H,7-10,13-14H2,1-6H3. The molecule has 0 bridgehead atoms. The van der Waals surface area contributed by atoms with E-state index >= 15 is 0 Å². The van der Waals surface area contributed by atoms with Crippen LogP contribution in [0, 0.1) is 0 Å². The van der Waals surface area contributed by atoms with Gasteiger partial charge in [-0.25, -0.2) is 0 Å². The lowest BCUT2D eigenvalue weighted by Crippen LogP contribution is -2.00. The molecule has 0 amide bonds. The third-order valence-electron chi connectivity index (χ3n) is 5.46. The van der Waals surface area contributed by atoms with E-state index in [0.717, 1.165) is 0 Å². The first-order valence-corrected chi connectivity index (χ1v) is 13.0. The molecule has 1 heteroatoms. The highest BCUT2D eigenvalue weighted by atomic mass is 32.2. The fraction of sp³-hybridized carbons (Fsp3) is 0.467. The van der Waals surface area contributed by atoms with E-state index in [1.807, 2.05) is 0 Å². The van der Waals surface area contributed by atoms with Crippen LogP contribution in [0.3, 0.4) is 0 Å². The summed E-state index contributed by atoms with van der Waals surface area (Å²) in [5.41, 5.74) is 8.54. The average molecular weight is 435 g/mol. The summed E-state index contributed by atoms with van der Waals surface area (Å²) in [5.74, 6) is 0. The molecule has 0 nitrogen and oxygen atoms in total. The van der Waals surface area contributed by atoms with Gasteiger partial charge in [-0.1, -0.05) is 98.5 Å². The number of rotatable bonds is 12. The minimum absolute atomic E-state index is 0.353. The summed E-state index contributed by atoms with van der Waals surface area (Å²) < 4.78 is 0. The Bertz CT molecular complexity index is 779. The summed E-state index contributed by atoms with van der Waals surface area (Å²) in [5, 5.41) is 0.706. The van der Waals surface area contributed by atoms with Crippen LogP contribution in [0.2, 0.25) is 0 Å². The second-order valence-electron chi connectivity index (χ2n) is 9.16. The van der Waals surface area contributed by atoms with Gasteiger partial charge in [-0.15, -0.1) is 11.8 Å². The summed E-state index contributed by atoms with van der Waals surface area (Å²) in [7, 11) is 0. The molecule has 2 unspecified atom stereocenters. The molecule has 0 aliphatic carbocycles. The van der Waals surface area contributed by atoms with E-state index in [1.165, 1.54) is 71.9 Å². The van der Waals surface area contributed by atoms with Gasteiger partial charge in [-0.2, -0.15) is 0 Å². The zero-order valence-electron chi connectivity index (χ0n) is 20.6. The second-order valence-corrected chi connectivity index (χ2v) is 10.5. The van der Waals surface area contributed by atoms with Crippen molar-refractivity contribution in [3.8, 4) is 0 Å². The summed E-state index contributed by atoms with van der Waals surface area (Å²) in [4.78, 5) is 0. The molecular weight excluding hydrogens is 392 g/mol. The van der Waals surface area contributed by atoms with Gasteiger partial charge in [-0.05, 0) is 75.6 Å². The maximum atomic E-state index is 2.44. The lowest BCUT2D eigenvalue weighted by molar-refractivity contribution is 0.794. The van der Waals surface area contributed by atoms with Crippen LogP contribution < -0.4 is 0 Å². The molecule has 168 valence electrons. The maximum Gasteiger partial charge on any atom is 0.0489 e. The highest BCUT2D eigenvalue weighted by Crippen LogP contribution is 2.43. The number of aryl methyl sites for hydroxylation is 2. The van der Waals surface area contributed by atoms with Crippen molar-refractivity contribution < 1.29 is 0 Å². The molecule has 2 aromatic carbocycles. The van der Waals surface area contributed by atoms with E-state index < -0.39 is 0 Å². The summed E-state index contributed by atoms with van der Waals surface area (Å²) in [6.07, 6.45) is 12.2. The molecule has 2 atom stereocenters. The second kappa shape index (κ2) is 13.6. The van der Waals surface area contributed by atoms with E-state index in [9.17, 15) is 0 Å². The minimum atomic E-state index is 0.353. The quantitative estimate of drug-likeness (QED) is 0.299. The Labute approximate surface area is 196 Å². The molecule has 0 fully saturated rings. The van der Waals surface area contributed by atoms with Gasteiger partial charge >= 0.3 is 0 Å². The number of hydrogen-bond acceptors (Lipinski definition) is 1. The van der Waals surface area contributed by atoms with Crippen molar-refractivity contribution in [2.75, 3.05) is 0 Å². The highest BCUT2D eigenvalue weighted by molar-refractivity contribution is 8.00. The van der Waals surface area contributed by atoms with Crippen LogP contribution in [0.1, 0.15) is 100.0 Å². The van der Waals surface area contributed by atoms with Crippen molar-refractivity contribution in [3.05, 3.63) is 94.1 Å². The zero-order chi connectivity index (χ0) is 22.6. The fourth-order valence-corrected chi connectivity index (χ4v) is 5.43. The maximum absolute atomic E-state index is 2.44. The van der Waals surface area contributed by atoms with Crippen molar-refractivity contribution in [3.63, 3.8) is 0 Å². The number of benzene rings is 2. The molecule has 2 rings (SSSR count). The van der Waals surface area contributed by atoms with E-state index in [0.29, 0.717) is 10.5 Å². The largest absolute Gasteiger partial charge is 0.137 e. The fourth-order valence-electron chi connectivity index (χ4n) is 3.80. The highest BCUT2D eigenvalue weighted by Gasteiger charge is 2.18. The van der Waals surface area contributed by atoms with Crippen molar-refractivity contribution in [2.24, 2.45) is 0 Å². The number of thioether (sulfide) groups is 1. The molecule has 0 spiro atoms. The molecule has 0 aromatic heterocycles. The van der Waals surface area contributed by atoms with Gasteiger partial charge in [0.2, 0.25) is 0 Å². The lowest BCUT2D eigenvalue weighted by atomic mass is 10.0. The molecule has 0 radical (unpaired) electrons. The first-order chi connectivity index (χ1) is 14.9. The molecule has 0 aliphatic rings. The average Bonchev–Trinajstić information content (AvgIpc) is 2.75. The first-order valence-electron chi connectivity index (χ1n) is 12.1. The van der Waals surface area contributed by atoms with E-state index in [2.05, 4.69) is 114 Å². The smallest absolute Gasteiger partial charge is 0.0489 e. The zero-order valence-corrected chi connectivity index (χ0v) is 21.4. The van der Waals surface area contributed by atoms with Crippen molar-refractivity contribution >= 4 is 11.8 Å². The van der Waals surface area contributed by atoms with E-state index in [-0.39, 0.29) is 0 Å². The van der Waals surface area contributed by atoms with Crippen LogP contribution in [0.4, 0.5) is 0 Å². The molecule has 0 heterocycles. The predicted molar refractivity (Wildman–Crippen MR) is 142 cm³/mol. The number of unbranched alkanes of at least 4 members (excludes halogenated alkanes) is 2. The van der Waals surface area contributed by atoms with Crippen LogP contribution in [0.15, 0.2) is 71.8 Å². The Morgan fingerprint density at radius 3 is 1.48 bits per heavy atom. The van der Waals surface area contributed by atoms with Gasteiger partial charge in [0.15, 0.2) is 0 Å². The normalized spacial score (nSPS) is 12.8. The van der Waals surface area contributed by atoms with Crippen LogP contribution in [0.25, 0.3) is 0 Å². The predicted octanol–water partition coefficient (Wildman–Crippen LogP) is 9.82. The molecule has 0 saturated carbocycles. The Kier molecular flexibility index (Phi) is 11.2. The molecule has 0 aliphatic heterocycles. The topological polar surface area (TPSA) is 0 Å². The van der Waals surface area contributed by atoms with Crippen LogP contribution in [-0.2, 0) is 12.8 Å². The summed E-state index contributed by atoms with van der Waals surface area (Å²) in [6, 6.07) is 18.5. The monoisotopic (exact) mass is 434 g/mol. The summed E-state index contributed by atoms with van der Waals surface area (Å²) >= 11 is 2.06. The minimum Gasteiger partial charge on any atom is -0.137 e. The van der Waals surface area contributed by atoms with Gasteiger partial charge in [0.05, 0.1) is 0 Å². The van der Waals surface area contributed by atoms with Crippen molar-refractivity contribution in [2.45, 2.75) is 90.6 Å². The van der Waals surface area contributed by atoms with Gasteiger partial charge in [0.25, 0.3) is 0 Å². The first kappa shape index (κ1) is 25.5. The Balaban J connectivity index is 2.37. The van der Waals surface area contributed by atoms with Crippen LogP contribution in [-0.4, -0.2) is 0 Å². The Morgan fingerprint density at radius 2 is 1.13 bits per heavy atom. The number of allylic oxidation sites excluding steroid dienone is 2. The molecular formula is C30H42S. The molecule has 0 saturated heterocycles. The van der Waals surface area contributed by atoms with E-state index in [1.54, 1.807) is 0 Å². The van der Waals surface area contributed by atoms with Crippen molar-refractivity contribution in [1.29, 1.82) is 0 Å². The van der Waals surface area contributed by atoms with Gasteiger partial charge in [0.1, 0.15) is 0 Å². The SMILES string of the molecule is CCCCc1cccc(C(C=C(C)C)SC(C=C(C)C)c2cccc(CCCC)c2)c1. The van der Waals surface area contributed by atoms with Gasteiger partial charge in [-0.3, -0.25) is 0 Å². The third-order valence-corrected chi connectivity index (χ3v) is 6.86. The summed E-state index contributed by atoms with van der Waals surface area (Å²) in [6.45, 7) is 13.4. The molecule has 2 aromatic rings. The third kappa shape index (κ3) is 9.11. The van der Waals surface area contributed by atoms with Gasteiger partial charge < -0.3 is 0 Å². The van der Waals surface area contributed by atoms with E-state index in [4.69, 9.17) is 0 Å². The lowest BCUT2D eigenvalue weighted by Gasteiger charge is -2.22.